The van der Waals surface area contributed by atoms with Crippen LogP contribution in [-0.4, -0.2) is 41.4 Å². The summed E-state index contributed by atoms with van der Waals surface area (Å²) in [6, 6.07) is 5.60. The molecular formula is C20H24BrN3O3. The number of urea groups is 1. The second kappa shape index (κ2) is 7.26. The molecule has 1 aliphatic carbocycles. The minimum atomic E-state index is -0.720. The standard InChI is InChI=1S/C20H24BrN3O3/c21-15-6-7-16-14(13-15)5-4-11-23(16)17(25)8-12-24-18(26)20(22-19(24)27)9-2-1-3-10-20/h6-7,13H,1-5,8-12H2,(H,22,27). The molecule has 1 spiro atoms. The monoisotopic (exact) mass is 433 g/mol. The Bertz CT molecular complexity index is 789. The molecule has 2 heterocycles. The van der Waals surface area contributed by atoms with Crippen molar-refractivity contribution in [2.24, 2.45) is 0 Å². The van der Waals surface area contributed by atoms with E-state index >= 15 is 0 Å². The summed E-state index contributed by atoms with van der Waals surface area (Å²) in [5.74, 6) is -0.188. The predicted octanol–water partition coefficient (Wildman–Crippen LogP) is 3.37. The number of aryl methyl sites for hydroxylation is 1. The Balaban J connectivity index is 1.43. The number of imide groups is 1. The third-order valence-electron chi connectivity index (χ3n) is 5.96. The summed E-state index contributed by atoms with van der Waals surface area (Å²) in [5.41, 5.74) is 1.37. The number of amides is 4. The van der Waals surface area contributed by atoms with Crippen LogP contribution >= 0.6 is 15.9 Å². The minimum absolute atomic E-state index is 0.0385. The maximum absolute atomic E-state index is 12.8. The van der Waals surface area contributed by atoms with E-state index in [0.717, 1.165) is 47.8 Å². The van der Waals surface area contributed by atoms with Gasteiger partial charge in [0, 0.05) is 29.7 Å². The number of halogens is 1. The van der Waals surface area contributed by atoms with Gasteiger partial charge in [0.2, 0.25) is 5.91 Å². The van der Waals surface area contributed by atoms with Crippen LogP contribution < -0.4 is 10.2 Å². The largest absolute Gasteiger partial charge is 0.325 e. The highest BCUT2D eigenvalue weighted by molar-refractivity contribution is 9.10. The van der Waals surface area contributed by atoms with E-state index in [2.05, 4.69) is 27.3 Å². The number of nitrogens with zero attached hydrogens (tertiary/aromatic N) is 2. The fraction of sp³-hybridized carbons (Fsp3) is 0.550. The third-order valence-corrected chi connectivity index (χ3v) is 6.46. The first-order chi connectivity index (χ1) is 13.0. The molecule has 0 atom stereocenters. The van der Waals surface area contributed by atoms with Gasteiger partial charge in [-0.15, -0.1) is 0 Å². The summed E-state index contributed by atoms with van der Waals surface area (Å²) in [4.78, 5) is 41.0. The Hall–Kier alpha value is -1.89. The first-order valence-electron chi connectivity index (χ1n) is 9.73. The van der Waals surface area contributed by atoms with Gasteiger partial charge in [-0.25, -0.2) is 4.79 Å². The zero-order chi connectivity index (χ0) is 19.0. The Labute approximate surface area is 167 Å². The van der Waals surface area contributed by atoms with E-state index in [1.54, 1.807) is 4.90 Å². The van der Waals surface area contributed by atoms with Gasteiger partial charge in [0.25, 0.3) is 5.91 Å². The van der Waals surface area contributed by atoms with E-state index in [-0.39, 0.29) is 30.8 Å². The lowest BCUT2D eigenvalue weighted by molar-refractivity contribution is -0.132. The number of nitrogens with one attached hydrogen (secondary N) is 1. The summed E-state index contributed by atoms with van der Waals surface area (Å²) >= 11 is 3.48. The van der Waals surface area contributed by atoms with Gasteiger partial charge in [-0.3, -0.25) is 14.5 Å². The van der Waals surface area contributed by atoms with Gasteiger partial charge in [-0.1, -0.05) is 35.2 Å². The molecule has 0 unspecified atom stereocenters. The SMILES string of the molecule is O=C1NC2(CCCCC2)C(=O)N1CCC(=O)N1CCCc2cc(Br)ccc21. The van der Waals surface area contributed by atoms with Gasteiger partial charge < -0.3 is 10.2 Å². The fourth-order valence-corrected chi connectivity index (χ4v) is 4.95. The Morgan fingerprint density at radius 2 is 1.93 bits per heavy atom. The van der Waals surface area contributed by atoms with Crippen LogP contribution in [0, 0.1) is 0 Å². The molecule has 0 aromatic heterocycles. The molecule has 27 heavy (non-hydrogen) atoms. The van der Waals surface area contributed by atoms with Crippen LogP contribution in [0.25, 0.3) is 0 Å². The quantitative estimate of drug-likeness (QED) is 0.742. The van der Waals surface area contributed by atoms with E-state index in [4.69, 9.17) is 0 Å². The molecule has 1 aromatic rings. The lowest BCUT2D eigenvalue weighted by Gasteiger charge is -2.31. The molecule has 4 rings (SSSR count). The summed E-state index contributed by atoms with van der Waals surface area (Å²) in [7, 11) is 0. The number of carbonyl (C=O) groups excluding carboxylic acids is 3. The van der Waals surface area contributed by atoms with Crippen molar-refractivity contribution in [3.05, 3.63) is 28.2 Å². The van der Waals surface area contributed by atoms with Crippen LogP contribution in [0.2, 0.25) is 0 Å². The molecule has 6 nitrogen and oxygen atoms in total. The molecule has 1 saturated heterocycles. The third kappa shape index (κ3) is 3.37. The maximum atomic E-state index is 12.8. The van der Waals surface area contributed by atoms with Gasteiger partial charge in [0.05, 0.1) is 0 Å². The normalized spacial score (nSPS) is 21.4. The first-order valence-corrected chi connectivity index (χ1v) is 10.5. The summed E-state index contributed by atoms with van der Waals surface area (Å²) in [6.45, 7) is 0.825. The molecule has 0 bridgehead atoms. The lowest BCUT2D eigenvalue weighted by Crippen LogP contribution is -2.48. The van der Waals surface area contributed by atoms with Crippen LogP contribution in [0.3, 0.4) is 0 Å². The minimum Gasteiger partial charge on any atom is -0.323 e. The lowest BCUT2D eigenvalue weighted by atomic mass is 9.82. The van der Waals surface area contributed by atoms with Gasteiger partial charge in [0.1, 0.15) is 5.54 Å². The number of hydrogen-bond donors (Lipinski definition) is 1. The van der Waals surface area contributed by atoms with E-state index in [9.17, 15) is 14.4 Å². The van der Waals surface area contributed by atoms with Crippen molar-refractivity contribution in [2.45, 2.75) is 56.9 Å². The van der Waals surface area contributed by atoms with Crippen molar-refractivity contribution < 1.29 is 14.4 Å². The second-order valence-electron chi connectivity index (χ2n) is 7.70. The van der Waals surface area contributed by atoms with E-state index in [0.29, 0.717) is 19.4 Å². The molecule has 2 aliphatic heterocycles. The average molecular weight is 434 g/mol. The van der Waals surface area contributed by atoms with Crippen LogP contribution in [-0.2, 0) is 16.0 Å². The number of carbonyl (C=O) groups is 3. The molecule has 4 amide bonds. The fourth-order valence-electron chi connectivity index (χ4n) is 4.54. The molecule has 1 aromatic carbocycles. The van der Waals surface area contributed by atoms with E-state index in [1.165, 1.54) is 4.90 Å². The summed E-state index contributed by atoms with van der Waals surface area (Å²) in [5, 5.41) is 2.90. The molecule has 0 radical (unpaired) electrons. The van der Waals surface area contributed by atoms with Crippen LogP contribution in [0.15, 0.2) is 22.7 Å². The van der Waals surface area contributed by atoms with Gasteiger partial charge in [0.15, 0.2) is 0 Å². The smallest absolute Gasteiger partial charge is 0.323 e. The predicted molar refractivity (Wildman–Crippen MR) is 105 cm³/mol. The van der Waals surface area contributed by atoms with Gasteiger partial charge in [-0.2, -0.15) is 0 Å². The molecule has 144 valence electrons. The van der Waals surface area contributed by atoms with Crippen molar-refractivity contribution in [3.63, 3.8) is 0 Å². The number of rotatable bonds is 3. The first kappa shape index (κ1) is 18.5. The Kier molecular flexibility index (Phi) is 4.97. The molecule has 2 fully saturated rings. The Morgan fingerprint density at radius 1 is 1.15 bits per heavy atom. The van der Waals surface area contributed by atoms with Crippen molar-refractivity contribution in [1.82, 2.24) is 10.2 Å². The number of fused-ring (bicyclic) bond motifs is 1. The number of anilines is 1. The number of benzene rings is 1. The zero-order valence-corrected chi connectivity index (χ0v) is 16.9. The molecular weight excluding hydrogens is 410 g/mol. The summed E-state index contributed by atoms with van der Waals surface area (Å²) in [6.07, 6.45) is 6.46. The molecule has 1 N–H and O–H groups in total. The topological polar surface area (TPSA) is 69.7 Å². The maximum Gasteiger partial charge on any atom is 0.325 e. The highest BCUT2D eigenvalue weighted by Gasteiger charge is 2.51. The number of hydrogen-bond acceptors (Lipinski definition) is 3. The highest BCUT2D eigenvalue weighted by atomic mass is 79.9. The molecule has 7 heteroatoms. The van der Waals surface area contributed by atoms with Crippen LogP contribution in [0.4, 0.5) is 10.5 Å². The zero-order valence-electron chi connectivity index (χ0n) is 15.3. The van der Waals surface area contributed by atoms with Crippen molar-refractivity contribution in [1.29, 1.82) is 0 Å². The van der Waals surface area contributed by atoms with Crippen molar-refractivity contribution >= 4 is 39.5 Å². The van der Waals surface area contributed by atoms with Crippen LogP contribution in [0.5, 0.6) is 0 Å². The van der Waals surface area contributed by atoms with Crippen molar-refractivity contribution in [3.8, 4) is 0 Å². The summed E-state index contributed by atoms with van der Waals surface area (Å²) < 4.78 is 1.01. The highest BCUT2D eigenvalue weighted by Crippen LogP contribution is 2.34. The molecule has 3 aliphatic rings. The second-order valence-corrected chi connectivity index (χ2v) is 8.62. The van der Waals surface area contributed by atoms with Crippen molar-refractivity contribution in [2.75, 3.05) is 18.0 Å². The van der Waals surface area contributed by atoms with E-state index < -0.39 is 5.54 Å². The molecule has 1 saturated carbocycles. The van der Waals surface area contributed by atoms with Crippen LogP contribution in [0.1, 0.15) is 50.5 Å². The average Bonchev–Trinajstić information content (AvgIpc) is 2.89. The van der Waals surface area contributed by atoms with Gasteiger partial charge in [-0.05, 0) is 49.4 Å². The van der Waals surface area contributed by atoms with Gasteiger partial charge >= 0.3 is 6.03 Å². The Morgan fingerprint density at radius 3 is 2.70 bits per heavy atom. The van der Waals surface area contributed by atoms with E-state index in [1.807, 2.05) is 12.1 Å².